The van der Waals surface area contributed by atoms with E-state index in [4.69, 9.17) is 10.1 Å². The smallest absolute Gasteiger partial charge is 0.101 e. The second-order valence-corrected chi connectivity index (χ2v) is 3.39. The molecule has 2 unspecified atom stereocenters. The van der Waals surface area contributed by atoms with Crippen molar-refractivity contribution in [3.63, 3.8) is 0 Å². The van der Waals surface area contributed by atoms with Crippen molar-refractivity contribution in [1.29, 1.82) is 5.41 Å². The van der Waals surface area contributed by atoms with Crippen LogP contribution in [0, 0.1) is 11.3 Å². The summed E-state index contributed by atoms with van der Waals surface area (Å²) in [6.07, 6.45) is 0.676. The molecule has 0 saturated carbocycles. The molecule has 0 rings (SSSR count). The Balaban J connectivity index is 4.40. The summed E-state index contributed by atoms with van der Waals surface area (Å²) in [5.41, 5.74) is 1.74. The van der Waals surface area contributed by atoms with Crippen molar-refractivity contribution in [3.05, 3.63) is 12.2 Å². The van der Waals surface area contributed by atoms with E-state index in [-0.39, 0.29) is 12.0 Å². The van der Waals surface area contributed by atoms with Gasteiger partial charge in [0.25, 0.3) is 0 Å². The zero-order valence-corrected chi connectivity index (χ0v) is 9.18. The molecule has 2 heteroatoms. The van der Waals surface area contributed by atoms with Crippen LogP contribution in [0.25, 0.3) is 0 Å². The Morgan fingerprint density at radius 2 is 2.00 bits per heavy atom. The average molecular weight is 183 g/mol. The summed E-state index contributed by atoms with van der Waals surface area (Å²) in [4.78, 5) is 0. The van der Waals surface area contributed by atoms with Gasteiger partial charge in [-0.2, -0.15) is 0 Å². The minimum absolute atomic E-state index is 0.0764. The summed E-state index contributed by atoms with van der Waals surface area (Å²) < 4.78 is 5.53. The SMILES string of the molecule is C=C(C)C(C)C(OCC)C(=N)CC. The Morgan fingerprint density at radius 1 is 1.46 bits per heavy atom. The van der Waals surface area contributed by atoms with Crippen molar-refractivity contribution in [1.82, 2.24) is 0 Å². The highest BCUT2D eigenvalue weighted by molar-refractivity contribution is 5.86. The zero-order valence-electron chi connectivity index (χ0n) is 9.18. The quantitative estimate of drug-likeness (QED) is 0.498. The molecule has 0 bridgehead atoms. The molecule has 0 aromatic rings. The molecule has 0 saturated heterocycles. The Kier molecular flexibility index (Phi) is 5.63. The first kappa shape index (κ1) is 12.4. The highest BCUT2D eigenvalue weighted by Gasteiger charge is 2.21. The van der Waals surface area contributed by atoms with Crippen molar-refractivity contribution in [2.75, 3.05) is 6.61 Å². The van der Waals surface area contributed by atoms with Gasteiger partial charge in [0.1, 0.15) is 6.10 Å². The van der Waals surface area contributed by atoms with Gasteiger partial charge in [0.05, 0.1) is 0 Å². The number of ether oxygens (including phenoxy) is 1. The van der Waals surface area contributed by atoms with E-state index in [1.54, 1.807) is 0 Å². The van der Waals surface area contributed by atoms with Crippen LogP contribution in [0.2, 0.25) is 0 Å². The van der Waals surface area contributed by atoms with Crippen molar-refractivity contribution in [2.24, 2.45) is 5.92 Å². The largest absolute Gasteiger partial charge is 0.372 e. The number of hydrogen-bond donors (Lipinski definition) is 1. The maximum atomic E-state index is 7.76. The molecule has 0 aliphatic rings. The zero-order chi connectivity index (χ0) is 10.4. The normalized spacial score (nSPS) is 15.1. The number of nitrogens with one attached hydrogen (secondary N) is 1. The molecule has 76 valence electrons. The molecule has 2 atom stereocenters. The first-order valence-corrected chi connectivity index (χ1v) is 4.88. The minimum Gasteiger partial charge on any atom is -0.372 e. The van der Waals surface area contributed by atoms with Crippen molar-refractivity contribution in [2.45, 2.75) is 40.2 Å². The monoisotopic (exact) mass is 183 g/mol. The van der Waals surface area contributed by atoms with Crippen LogP contribution >= 0.6 is 0 Å². The van der Waals surface area contributed by atoms with Gasteiger partial charge in [0.2, 0.25) is 0 Å². The van der Waals surface area contributed by atoms with E-state index in [1.807, 2.05) is 20.8 Å². The Morgan fingerprint density at radius 3 is 2.31 bits per heavy atom. The molecule has 0 aliphatic heterocycles. The number of rotatable bonds is 6. The molecule has 1 N–H and O–H groups in total. The molecule has 0 aromatic carbocycles. The molecular weight excluding hydrogens is 162 g/mol. The average Bonchev–Trinajstić information content (AvgIpc) is 2.11. The van der Waals surface area contributed by atoms with Crippen LogP contribution in [-0.4, -0.2) is 18.4 Å². The van der Waals surface area contributed by atoms with Crippen molar-refractivity contribution < 1.29 is 4.74 Å². The lowest BCUT2D eigenvalue weighted by Gasteiger charge is -2.24. The molecule has 2 nitrogen and oxygen atoms in total. The first-order chi connectivity index (χ1) is 6.04. The van der Waals surface area contributed by atoms with Crippen molar-refractivity contribution >= 4 is 5.71 Å². The molecule has 0 aliphatic carbocycles. The lowest BCUT2D eigenvalue weighted by molar-refractivity contribution is 0.0814. The van der Waals surface area contributed by atoms with Crippen LogP contribution in [0.4, 0.5) is 0 Å². The predicted octanol–water partition coefficient (Wildman–Crippen LogP) is 3.03. The lowest BCUT2D eigenvalue weighted by Crippen LogP contribution is -2.30. The fraction of sp³-hybridized carbons (Fsp3) is 0.727. The molecule has 0 aromatic heterocycles. The maximum Gasteiger partial charge on any atom is 0.101 e. The van der Waals surface area contributed by atoms with Crippen LogP contribution in [0.15, 0.2) is 12.2 Å². The molecule has 13 heavy (non-hydrogen) atoms. The molecule has 0 heterocycles. The van der Waals surface area contributed by atoms with E-state index in [2.05, 4.69) is 13.5 Å². The predicted molar refractivity (Wildman–Crippen MR) is 57.4 cm³/mol. The summed E-state index contributed by atoms with van der Waals surface area (Å²) in [6, 6.07) is 0. The summed E-state index contributed by atoms with van der Waals surface area (Å²) in [6.45, 7) is 12.5. The third-order valence-electron chi connectivity index (χ3n) is 2.30. The fourth-order valence-corrected chi connectivity index (χ4v) is 1.19. The van der Waals surface area contributed by atoms with E-state index in [1.165, 1.54) is 0 Å². The van der Waals surface area contributed by atoms with Crippen LogP contribution in [0.3, 0.4) is 0 Å². The van der Waals surface area contributed by atoms with Gasteiger partial charge in [-0.15, -0.1) is 0 Å². The van der Waals surface area contributed by atoms with Crippen LogP contribution in [-0.2, 0) is 4.74 Å². The second-order valence-electron chi connectivity index (χ2n) is 3.39. The summed E-state index contributed by atoms with van der Waals surface area (Å²) >= 11 is 0. The lowest BCUT2D eigenvalue weighted by atomic mass is 9.93. The van der Waals surface area contributed by atoms with Gasteiger partial charge in [-0.05, 0) is 20.3 Å². The van der Waals surface area contributed by atoms with Crippen LogP contribution < -0.4 is 0 Å². The Bertz CT molecular complexity index is 187. The van der Waals surface area contributed by atoms with Gasteiger partial charge in [-0.25, -0.2) is 0 Å². The molecule has 0 radical (unpaired) electrons. The van der Waals surface area contributed by atoms with E-state index >= 15 is 0 Å². The van der Waals surface area contributed by atoms with Gasteiger partial charge in [0.15, 0.2) is 0 Å². The third-order valence-corrected chi connectivity index (χ3v) is 2.30. The standard InChI is InChI=1S/C11H21NO/c1-6-10(12)11(13-7-2)9(5)8(3)4/h9,11-12H,3,6-7H2,1-2,4-5H3. The minimum atomic E-state index is -0.0764. The third kappa shape index (κ3) is 3.73. The van der Waals surface area contributed by atoms with Gasteiger partial charge < -0.3 is 10.1 Å². The highest BCUT2D eigenvalue weighted by Crippen LogP contribution is 2.17. The van der Waals surface area contributed by atoms with E-state index in [0.29, 0.717) is 12.3 Å². The van der Waals surface area contributed by atoms with E-state index < -0.39 is 0 Å². The second kappa shape index (κ2) is 5.92. The van der Waals surface area contributed by atoms with Crippen LogP contribution in [0.5, 0.6) is 0 Å². The highest BCUT2D eigenvalue weighted by atomic mass is 16.5. The maximum absolute atomic E-state index is 7.76. The van der Waals surface area contributed by atoms with Gasteiger partial charge in [0, 0.05) is 18.2 Å². The molecule has 0 amide bonds. The summed E-state index contributed by atoms with van der Waals surface area (Å²) in [5, 5.41) is 7.76. The van der Waals surface area contributed by atoms with Gasteiger partial charge in [-0.1, -0.05) is 26.0 Å². The molecular formula is C11H21NO. The first-order valence-electron chi connectivity index (χ1n) is 4.88. The fourth-order valence-electron chi connectivity index (χ4n) is 1.19. The van der Waals surface area contributed by atoms with E-state index in [0.717, 1.165) is 12.0 Å². The number of hydrogen-bond acceptors (Lipinski definition) is 2. The van der Waals surface area contributed by atoms with E-state index in [9.17, 15) is 0 Å². The van der Waals surface area contributed by atoms with Crippen molar-refractivity contribution in [3.8, 4) is 0 Å². The van der Waals surface area contributed by atoms with Crippen LogP contribution in [0.1, 0.15) is 34.1 Å². The molecule has 0 spiro atoms. The van der Waals surface area contributed by atoms with Gasteiger partial charge in [-0.3, -0.25) is 0 Å². The Labute approximate surface area is 81.5 Å². The van der Waals surface area contributed by atoms with Gasteiger partial charge >= 0.3 is 0 Å². The summed E-state index contributed by atoms with van der Waals surface area (Å²) in [5.74, 6) is 0.243. The summed E-state index contributed by atoms with van der Waals surface area (Å²) in [7, 11) is 0. The molecule has 0 fully saturated rings. The Hall–Kier alpha value is -0.630. The topological polar surface area (TPSA) is 33.1 Å².